The number of anilines is 1. The smallest absolute Gasteiger partial charge is 0.252 e. The van der Waals surface area contributed by atoms with Crippen LogP contribution in [-0.4, -0.2) is 28.7 Å². The maximum atomic E-state index is 12.2. The number of carbonyl (C=O) groups is 1. The average Bonchev–Trinajstić information content (AvgIpc) is 2.65. The summed E-state index contributed by atoms with van der Waals surface area (Å²) in [5.41, 5.74) is 1.48. The number of thioether (sulfide) groups is 1. The molecule has 3 rings (SSSR count). The maximum Gasteiger partial charge on any atom is 0.252 e. The van der Waals surface area contributed by atoms with Crippen molar-refractivity contribution in [1.82, 2.24) is 9.97 Å². The molecule has 2 aromatic carbocycles. The van der Waals surface area contributed by atoms with Crippen molar-refractivity contribution in [2.75, 3.05) is 18.2 Å². The van der Waals surface area contributed by atoms with Gasteiger partial charge in [0.1, 0.15) is 5.75 Å². The Bertz CT molecular complexity index is 1030. The number of benzene rings is 2. The van der Waals surface area contributed by atoms with Crippen LogP contribution < -0.4 is 15.6 Å². The van der Waals surface area contributed by atoms with Crippen LogP contribution >= 0.6 is 35.0 Å². The lowest BCUT2D eigenvalue weighted by Crippen LogP contribution is -2.15. The van der Waals surface area contributed by atoms with Gasteiger partial charge in [0.25, 0.3) is 5.56 Å². The first kappa shape index (κ1) is 20.3. The minimum absolute atomic E-state index is 0.0547. The van der Waals surface area contributed by atoms with Crippen LogP contribution in [0.1, 0.15) is 0 Å². The van der Waals surface area contributed by atoms with Crippen molar-refractivity contribution >= 4 is 46.6 Å². The van der Waals surface area contributed by atoms with Crippen LogP contribution in [0.4, 0.5) is 5.69 Å². The zero-order valence-electron chi connectivity index (χ0n) is 14.7. The van der Waals surface area contributed by atoms with Gasteiger partial charge in [0.05, 0.1) is 18.6 Å². The second-order valence-electron chi connectivity index (χ2n) is 5.66. The molecule has 1 heterocycles. The predicted molar refractivity (Wildman–Crippen MR) is 113 cm³/mol. The number of nitrogens with zero attached hydrogens (tertiary/aromatic N) is 1. The van der Waals surface area contributed by atoms with E-state index < -0.39 is 0 Å². The molecule has 0 aliphatic carbocycles. The third-order valence-electron chi connectivity index (χ3n) is 3.59. The van der Waals surface area contributed by atoms with Crippen LogP contribution in [0.15, 0.2) is 58.5 Å². The molecular weight excluding hydrogens is 421 g/mol. The lowest BCUT2D eigenvalue weighted by Gasteiger charge is -2.07. The van der Waals surface area contributed by atoms with E-state index in [0.717, 1.165) is 17.3 Å². The second-order valence-corrected chi connectivity index (χ2v) is 7.50. The highest BCUT2D eigenvalue weighted by atomic mass is 35.5. The van der Waals surface area contributed by atoms with E-state index in [1.54, 1.807) is 37.4 Å². The van der Waals surface area contributed by atoms with E-state index in [9.17, 15) is 9.59 Å². The first-order valence-corrected chi connectivity index (χ1v) is 9.81. The molecule has 0 aliphatic heterocycles. The number of halogens is 2. The molecule has 1 amide bonds. The van der Waals surface area contributed by atoms with E-state index in [0.29, 0.717) is 32.3 Å². The number of hydrogen-bond donors (Lipinski definition) is 2. The molecule has 0 spiro atoms. The van der Waals surface area contributed by atoms with Crippen LogP contribution in [0.5, 0.6) is 5.75 Å². The largest absolute Gasteiger partial charge is 0.497 e. The van der Waals surface area contributed by atoms with Gasteiger partial charge in [-0.05, 0) is 42.5 Å². The fourth-order valence-electron chi connectivity index (χ4n) is 2.37. The minimum Gasteiger partial charge on any atom is -0.497 e. The maximum absolute atomic E-state index is 12.2. The van der Waals surface area contributed by atoms with Gasteiger partial charge in [-0.15, -0.1) is 0 Å². The molecule has 0 aliphatic rings. The van der Waals surface area contributed by atoms with Crippen molar-refractivity contribution in [3.05, 3.63) is 68.9 Å². The van der Waals surface area contributed by atoms with E-state index >= 15 is 0 Å². The Labute approximate surface area is 175 Å². The fourth-order valence-corrected chi connectivity index (χ4v) is 3.57. The summed E-state index contributed by atoms with van der Waals surface area (Å²) in [4.78, 5) is 31.2. The van der Waals surface area contributed by atoms with E-state index in [-0.39, 0.29) is 17.2 Å². The highest BCUT2D eigenvalue weighted by Gasteiger charge is 2.09. The third-order valence-corrected chi connectivity index (χ3v) is 4.90. The summed E-state index contributed by atoms with van der Waals surface area (Å²) >= 11 is 13.0. The van der Waals surface area contributed by atoms with Gasteiger partial charge in [-0.3, -0.25) is 9.59 Å². The zero-order chi connectivity index (χ0) is 20.1. The molecule has 6 nitrogen and oxygen atoms in total. The van der Waals surface area contributed by atoms with Gasteiger partial charge >= 0.3 is 0 Å². The van der Waals surface area contributed by atoms with Gasteiger partial charge in [0, 0.05) is 27.4 Å². The SMILES string of the molecule is COc1ccc(-c2cc(=O)[nH]c(SCC(=O)Nc3cc(Cl)cc(Cl)c3)n2)cc1. The van der Waals surface area contributed by atoms with Crippen LogP contribution in [0.25, 0.3) is 11.3 Å². The number of H-pyrrole nitrogens is 1. The Morgan fingerprint density at radius 1 is 1.14 bits per heavy atom. The molecule has 0 saturated heterocycles. The van der Waals surface area contributed by atoms with Crippen molar-refractivity contribution in [2.45, 2.75) is 5.16 Å². The van der Waals surface area contributed by atoms with Gasteiger partial charge in [-0.25, -0.2) is 4.98 Å². The minimum atomic E-state index is -0.301. The molecule has 144 valence electrons. The molecule has 2 N–H and O–H groups in total. The van der Waals surface area contributed by atoms with Crippen LogP contribution in [0.2, 0.25) is 10.0 Å². The lowest BCUT2D eigenvalue weighted by atomic mass is 10.1. The zero-order valence-corrected chi connectivity index (χ0v) is 17.0. The van der Waals surface area contributed by atoms with Gasteiger partial charge in [0.2, 0.25) is 5.91 Å². The van der Waals surface area contributed by atoms with Gasteiger partial charge in [-0.1, -0.05) is 35.0 Å². The molecule has 28 heavy (non-hydrogen) atoms. The molecule has 0 saturated carbocycles. The molecule has 0 bridgehead atoms. The van der Waals surface area contributed by atoms with Crippen LogP contribution in [0, 0.1) is 0 Å². The molecule has 0 atom stereocenters. The van der Waals surface area contributed by atoms with Crippen molar-refractivity contribution in [2.24, 2.45) is 0 Å². The van der Waals surface area contributed by atoms with E-state index in [4.69, 9.17) is 27.9 Å². The Balaban J connectivity index is 1.69. The number of carbonyl (C=O) groups excluding carboxylic acids is 1. The third kappa shape index (κ3) is 5.51. The van der Waals surface area contributed by atoms with Crippen LogP contribution in [-0.2, 0) is 4.79 Å². The first-order valence-electron chi connectivity index (χ1n) is 8.07. The second kappa shape index (κ2) is 9.14. The predicted octanol–water partition coefficient (Wildman–Crippen LogP) is 4.48. The Hall–Kier alpha value is -2.48. The Morgan fingerprint density at radius 3 is 2.46 bits per heavy atom. The number of aromatic amines is 1. The molecule has 9 heteroatoms. The molecule has 0 fully saturated rings. The number of aromatic nitrogens is 2. The van der Waals surface area contributed by atoms with Gasteiger partial charge < -0.3 is 15.0 Å². The first-order chi connectivity index (χ1) is 13.4. The summed E-state index contributed by atoms with van der Waals surface area (Å²) in [6.45, 7) is 0. The van der Waals surface area contributed by atoms with Crippen molar-refractivity contribution in [3.63, 3.8) is 0 Å². The highest BCUT2D eigenvalue weighted by molar-refractivity contribution is 7.99. The summed E-state index contributed by atoms with van der Waals surface area (Å²) in [7, 11) is 1.58. The number of amides is 1. The summed E-state index contributed by atoms with van der Waals surface area (Å²) in [5.74, 6) is 0.487. The fraction of sp³-hybridized carbons (Fsp3) is 0.105. The summed E-state index contributed by atoms with van der Waals surface area (Å²) < 4.78 is 5.13. The topological polar surface area (TPSA) is 84.1 Å². The van der Waals surface area contributed by atoms with Crippen molar-refractivity contribution in [1.29, 1.82) is 0 Å². The summed E-state index contributed by atoms with van der Waals surface area (Å²) in [6.07, 6.45) is 0. The lowest BCUT2D eigenvalue weighted by molar-refractivity contribution is -0.113. The number of nitrogens with one attached hydrogen (secondary N) is 2. The summed E-state index contributed by atoms with van der Waals surface area (Å²) in [5, 5.41) is 3.90. The Morgan fingerprint density at radius 2 is 1.82 bits per heavy atom. The van der Waals surface area contributed by atoms with Gasteiger partial charge in [0.15, 0.2) is 5.16 Å². The Kier molecular flexibility index (Phi) is 6.61. The highest BCUT2D eigenvalue weighted by Crippen LogP contribution is 2.24. The number of methoxy groups -OCH3 is 1. The van der Waals surface area contributed by atoms with Crippen molar-refractivity contribution < 1.29 is 9.53 Å². The standard InChI is InChI=1S/C19H15Cl2N3O3S/c1-27-15-4-2-11(3-5-15)16-9-17(25)24-19(23-16)28-10-18(26)22-14-7-12(20)6-13(21)8-14/h2-9H,10H2,1H3,(H,22,26)(H,23,24,25). The number of hydrogen-bond acceptors (Lipinski definition) is 5. The normalized spacial score (nSPS) is 10.5. The summed E-state index contributed by atoms with van der Waals surface area (Å²) in [6, 6.07) is 13.4. The molecule has 3 aromatic rings. The van der Waals surface area contributed by atoms with E-state index in [1.165, 1.54) is 6.07 Å². The monoisotopic (exact) mass is 435 g/mol. The average molecular weight is 436 g/mol. The van der Waals surface area contributed by atoms with Gasteiger partial charge in [-0.2, -0.15) is 0 Å². The molecule has 0 radical (unpaired) electrons. The van der Waals surface area contributed by atoms with Crippen LogP contribution in [0.3, 0.4) is 0 Å². The van der Waals surface area contributed by atoms with E-state index in [2.05, 4.69) is 15.3 Å². The molecule has 0 unspecified atom stereocenters. The molecule has 1 aromatic heterocycles. The molecular formula is C19H15Cl2N3O3S. The number of rotatable bonds is 6. The van der Waals surface area contributed by atoms with E-state index in [1.807, 2.05) is 12.1 Å². The number of ether oxygens (including phenoxy) is 1. The van der Waals surface area contributed by atoms with Crippen molar-refractivity contribution in [3.8, 4) is 17.0 Å². The quantitative estimate of drug-likeness (QED) is 0.440.